The van der Waals surface area contributed by atoms with Gasteiger partial charge in [-0.25, -0.2) is 0 Å². The Balaban J connectivity index is 1.60. The lowest BCUT2D eigenvalue weighted by Gasteiger charge is -2.26. The van der Waals surface area contributed by atoms with Crippen LogP contribution in [0.25, 0.3) is 11.0 Å². The van der Waals surface area contributed by atoms with Crippen molar-refractivity contribution >= 4 is 11.0 Å². The zero-order valence-electron chi connectivity index (χ0n) is 11.8. The highest BCUT2D eigenvalue weighted by molar-refractivity contribution is 5.83. The highest BCUT2D eigenvalue weighted by atomic mass is 16.3. The molecule has 1 fully saturated rings. The fourth-order valence-electron chi connectivity index (χ4n) is 3.13. The summed E-state index contributed by atoms with van der Waals surface area (Å²) in [6, 6.07) is 6.42. The van der Waals surface area contributed by atoms with E-state index >= 15 is 0 Å². The number of furan rings is 1. The number of piperidine rings is 1. The summed E-state index contributed by atoms with van der Waals surface area (Å²) in [5, 5.41) is 1.30. The quantitative estimate of drug-likeness (QED) is 0.817. The lowest BCUT2D eigenvalue weighted by atomic mass is 10.1. The fourth-order valence-corrected chi connectivity index (χ4v) is 3.13. The van der Waals surface area contributed by atoms with Crippen molar-refractivity contribution in [3.05, 3.63) is 35.6 Å². The summed E-state index contributed by atoms with van der Waals surface area (Å²) >= 11 is 0. The van der Waals surface area contributed by atoms with E-state index in [4.69, 9.17) is 4.42 Å². The molecule has 2 nitrogen and oxygen atoms in total. The van der Waals surface area contributed by atoms with Crippen molar-refractivity contribution in [3.8, 4) is 0 Å². The Morgan fingerprint density at radius 1 is 1.16 bits per heavy atom. The molecule has 3 rings (SSSR count). The predicted octanol–water partition coefficient (Wildman–Crippen LogP) is 4.16. The Labute approximate surface area is 115 Å². The molecule has 0 aliphatic carbocycles. The second-order valence-corrected chi connectivity index (χ2v) is 5.72. The SMILES string of the molecule is Cc1cccc2c(CCCN3CCCCC3)coc12. The summed E-state index contributed by atoms with van der Waals surface area (Å²) in [6.07, 6.45) is 8.51. The third kappa shape index (κ3) is 2.84. The van der Waals surface area contributed by atoms with Gasteiger partial charge in [-0.1, -0.05) is 24.6 Å². The van der Waals surface area contributed by atoms with Crippen molar-refractivity contribution in [3.63, 3.8) is 0 Å². The summed E-state index contributed by atoms with van der Waals surface area (Å²) in [5.41, 5.74) is 3.67. The van der Waals surface area contributed by atoms with E-state index in [1.807, 2.05) is 6.26 Å². The first kappa shape index (κ1) is 12.7. The molecule has 1 aromatic carbocycles. The normalized spacial score (nSPS) is 17.1. The molecule has 1 aliphatic rings. The van der Waals surface area contributed by atoms with Gasteiger partial charge in [0.05, 0.1) is 6.26 Å². The second kappa shape index (κ2) is 5.79. The van der Waals surface area contributed by atoms with Crippen molar-refractivity contribution in [2.75, 3.05) is 19.6 Å². The van der Waals surface area contributed by atoms with Crippen molar-refractivity contribution in [1.82, 2.24) is 4.90 Å². The van der Waals surface area contributed by atoms with Gasteiger partial charge in [-0.15, -0.1) is 0 Å². The number of likely N-dealkylation sites (tertiary alicyclic amines) is 1. The van der Waals surface area contributed by atoms with Crippen LogP contribution in [0.2, 0.25) is 0 Å². The number of benzene rings is 1. The molecule has 2 aromatic rings. The number of hydrogen-bond donors (Lipinski definition) is 0. The lowest BCUT2D eigenvalue weighted by Crippen LogP contribution is -2.30. The second-order valence-electron chi connectivity index (χ2n) is 5.72. The molecule has 0 radical (unpaired) electrons. The van der Waals surface area contributed by atoms with Gasteiger partial charge in [0.25, 0.3) is 0 Å². The Morgan fingerprint density at radius 3 is 2.84 bits per heavy atom. The lowest BCUT2D eigenvalue weighted by molar-refractivity contribution is 0.226. The minimum atomic E-state index is 1.07. The van der Waals surface area contributed by atoms with Crippen LogP contribution in [0.5, 0.6) is 0 Å². The average Bonchev–Trinajstić information content (AvgIpc) is 2.85. The molecule has 0 N–H and O–H groups in total. The van der Waals surface area contributed by atoms with Crippen molar-refractivity contribution in [1.29, 1.82) is 0 Å². The van der Waals surface area contributed by atoms with E-state index in [0.29, 0.717) is 0 Å². The molecule has 0 saturated carbocycles. The van der Waals surface area contributed by atoms with Crippen LogP contribution in [0.4, 0.5) is 0 Å². The maximum absolute atomic E-state index is 5.71. The summed E-state index contributed by atoms with van der Waals surface area (Å²) in [6.45, 7) is 5.94. The summed E-state index contributed by atoms with van der Waals surface area (Å²) < 4.78 is 5.71. The first-order valence-electron chi connectivity index (χ1n) is 7.52. The van der Waals surface area contributed by atoms with Crippen LogP contribution in [0.15, 0.2) is 28.9 Å². The number of fused-ring (bicyclic) bond motifs is 1. The third-order valence-corrected chi connectivity index (χ3v) is 4.25. The molecule has 2 heterocycles. The highest BCUT2D eigenvalue weighted by Crippen LogP contribution is 2.25. The van der Waals surface area contributed by atoms with E-state index in [-0.39, 0.29) is 0 Å². The molecule has 1 aromatic heterocycles. The largest absolute Gasteiger partial charge is 0.464 e. The average molecular weight is 257 g/mol. The fraction of sp³-hybridized carbons (Fsp3) is 0.529. The molecule has 1 aliphatic heterocycles. The van der Waals surface area contributed by atoms with E-state index in [1.165, 1.54) is 61.8 Å². The van der Waals surface area contributed by atoms with Gasteiger partial charge in [-0.2, -0.15) is 0 Å². The van der Waals surface area contributed by atoms with E-state index in [0.717, 1.165) is 12.0 Å². The van der Waals surface area contributed by atoms with Crippen LogP contribution in [0, 0.1) is 6.92 Å². The molecule has 0 unspecified atom stereocenters. The van der Waals surface area contributed by atoms with Crippen molar-refractivity contribution in [2.45, 2.75) is 39.0 Å². The smallest absolute Gasteiger partial charge is 0.137 e. The van der Waals surface area contributed by atoms with Gasteiger partial charge >= 0.3 is 0 Å². The topological polar surface area (TPSA) is 16.4 Å². The maximum atomic E-state index is 5.71. The predicted molar refractivity (Wildman–Crippen MR) is 79.6 cm³/mol. The van der Waals surface area contributed by atoms with E-state index < -0.39 is 0 Å². The minimum absolute atomic E-state index is 1.07. The van der Waals surface area contributed by atoms with Crippen LogP contribution in [0.3, 0.4) is 0 Å². The molecular weight excluding hydrogens is 234 g/mol. The van der Waals surface area contributed by atoms with Gasteiger partial charge in [-0.05, 0) is 63.4 Å². The number of nitrogens with zero attached hydrogens (tertiary/aromatic N) is 1. The van der Waals surface area contributed by atoms with E-state index in [2.05, 4.69) is 30.0 Å². The van der Waals surface area contributed by atoms with Crippen LogP contribution >= 0.6 is 0 Å². The Morgan fingerprint density at radius 2 is 2.00 bits per heavy atom. The molecule has 0 bridgehead atoms. The monoisotopic (exact) mass is 257 g/mol. The molecule has 19 heavy (non-hydrogen) atoms. The summed E-state index contributed by atoms with van der Waals surface area (Å²) in [5.74, 6) is 0. The number of aryl methyl sites for hydroxylation is 2. The van der Waals surface area contributed by atoms with Crippen LogP contribution in [-0.4, -0.2) is 24.5 Å². The van der Waals surface area contributed by atoms with Crippen molar-refractivity contribution in [2.24, 2.45) is 0 Å². The summed E-state index contributed by atoms with van der Waals surface area (Å²) in [4.78, 5) is 2.61. The Kier molecular flexibility index (Phi) is 3.88. The third-order valence-electron chi connectivity index (χ3n) is 4.25. The standard InChI is InChI=1S/C17H23NO/c1-14-7-5-9-16-15(13-19-17(14)16)8-6-12-18-10-3-2-4-11-18/h5,7,9,13H,2-4,6,8,10-12H2,1H3. The molecular formula is C17H23NO. The Bertz CT molecular complexity index is 537. The molecule has 102 valence electrons. The van der Waals surface area contributed by atoms with E-state index in [9.17, 15) is 0 Å². The summed E-state index contributed by atoms with van der Waals surface area (Å²) in [7, 11) is 0. The van der Waals surface area contributed by atoms with Gasteiger partial charge in [0.2, 0.25) is 0 Å². The minimum Gasteiger partial charge on any atom is -0.464 e. The first-order chi connectivity index (χ1) is 9.34. The van der Waals surface area contributed by atoms with Gasteiger partial charge in [0.1, 0.15) is 5.58 Å². The molecule has 0 atom stereocenters. The van der Waals surface area contributed by atoms with E-state index in [1.54, 1.807) is 0 Å². The van der Waals surface area contributed by atoms with Gasteiger partial charge in [-0.3, -0.25) is 0 Å². The van der Waals surface area contributed by atoms with Gasteiger partial charge < -0.3 is 9.32 Å². The van der Waals surface area contributed by atoms with Crippen LogP contribution in [0.1, 0.15) is 36.8 Å². The highest BCUT2D eigenvalue weighted by Gasteiger charge is 2.11. The first-order valence-corrected chi connectivity index (χ1v) is 7.52. The van der Waals surface area contributed by atoms with Gasteiger partial charge in [0.15, 0.2) is 0 Å². The molecule has 1 saturated heterocycles. The molecule has 0 amide bonds. The zero-order chi connectivity index (χ0) is 13.1. The van der Waals surface area contributed by atoms with Crippen LogP contribution < -0.4 is 0 Å². The Hall–Kier alpha value is -1.28. The molecule has 0 spiro atoms. The number of rotatable bonds is 4. The van der Waals surface area contributed by atoms with Crippen LogP contribution in [-0.2, 0) is 6.42 Å². The number of hydrogen-bond acceptors (Lipinski definition) is 2. The van der Waals surface area contributed by atoms with Crippen molar-refractivity contribution < 1.29 is 4.42 Å². The zero-order valence-corrected chi connectivity index (χ0v) is 11.8. The number of para-hydroxylation sites is 1. The van der Waals surface area contributed by atoms with Gasteiger partial charge in [0, 0.05) is 5.39 Å². The molecule has 2 heteroatoms. The maximum Gasteiger partial charge on any atom is 0.137 e.